The van der Waals surface area contributed by atoms with Crippen molar-refractivity contribution < 1.29 is 4.79 Å². The van der Waals surface area contributed by atoms with Gasteiger partial charge in [-0.25, -0.2) is 9.98 Å². The van der Waals surface area contributed by atoms with Gasteiger partial charge in [0.1, 0.15) is 5.84 Å². The first-order valence-electron chi connectivity index (χ1n) is 13.1. The summed E-state index contributed by atoms with van der Waals surface area (Å²) in [7, 11) is 2.06. The highest BCUT2D eigenvalue weighted by atomic mass is 32.1. The second-order valence-corrected chi connectivity index (χ2v) is 10.5. The molecule has 0 saturated heterocycles. The highest BCUT2D eigenvalue weighted by Crippen LogP contribution is 2.37. The standard InChI is InChI=1S/C31H30N6OS/c1-36-14-5-11-33-30(36)27-17-24(23-8-12-32-13-9-23)18-29-26(27)10-15-37(29)31(38)28(16-22-6-3-2-4-7-22)34-19-25-20-39-21-35-25/h2-9,11-13,17-18,20-21,28,34H,10,14-16,19H2,1H3. The van der Waals surface area contributed by atoms with Gasteiger partial charge in [0.2, 0.25) is 5.91 Å². The van der Waals surface area contributed by atoms with E-state index in [0.717, 1.165) is 52.4 Å². The highest BCUT2D eigenvalue weighted by molar-refractivity contribution is 7.07. The van der Waals surface area contributed by atoms with Gasteiger partial charge in [0, 0.05) is 61.9 Å². The van der Waals surface area contributed by atoms with Gasteiger partial charge in [-0.05, 0) is 65.4 Å². The van der Waals surface area contributed by atoms with Gasteiger partial charge in [-0.3, -0.25) is 15.1 Å². The predicted molar refractivity (Wildman–Crippen MR) is 157 cm³/mol. The Bertz CT molecular complexity index is 1500. The second kappa shape index (κ2) is 11.3. The van der Waals surface area contributed by atoms with E-state index < -0.39 is 0 Å². The summed E-state index contributed by atoms with van der Waals surface area (Å²) in [5, 5.41) is 5.53. The third-order valence-electron chi connectivity index (χ3n) is 7.26. The van der Waals surface area contributed by atoms with E-state index in [1.54, 1.807) is 23.7 Å². The number of hydrogen-bond donors (Lipinski definition) is 1. The first-order valence-corrected chi connectivity index (χ1v) is 14.1. The number of thiazole rings is 1. The maximum Gasteiger partial charge on any atom is 0.244 e. The van der Waals surface area contributed by atoms with Crippen LogP contribution in [0, 0.1) is 0 Å². The molecule has 1 N–H and O–H groups in total. The number of amides is 1. The SMILES string of the molecule is CN1CC=CN=C1c1cc(-c2ccncc2)cc2c1CCN2C(=O)C(Cc1ccccc1)NCc1cscn1. The van der Waals surface area contributed by atoms with E-state index in [4.69, 9.17) is 4.99 Å². The topological polar surface area (TPSA) is 73.7 Å². The lowest BCUT2D eigenvalue weighted by atomic mass is 9.96. The third-order valence-corrected chi connectivity index (χ3v) is 7.90. The molecule has 2 aromatic heterocycles. The lowest BCUT2D eigenvalue weighted by molar-refractivity contribution is -0.120. The number of nitrogens with one attached hydrogen (secondary N) is 1. The fourth-order valence-corrected chi connectivity index (χ4v) is 5.83. The van der Waals surface area contributed by atoms with Crippen LogP contribution in [0.15, 0.2) is 95.1 Å². The molecule has 0 bridgehead atoms. The molecule has 2 aromatic carbocycles. The smallest absolute Gasteiger partial charge is 0.244 e. The molecule has 39 heavy (non-hydrogen) atoms. The molecule has 196 valence electrons. The van der Waals surface area contributed by atoms with E-state index in [1.807, 2.05) is 52.3 Å². The van der Waals surface area contributed by atoms with Crippen LogP contribution in [-0.4, -0.2) is 52.8 Å². The Morgan fingerprint density at radius 1 is 1.10 bits per heavy atom. The number of pyridine rings is 1. The van der Waals surface area contributed by atoms with E-state index in [-0.39, 0.29) is 11.9 Å². The molecule has 2 aliphatic rings. The minimum absolute atomic E-state index is 0.0736. The number of carbonyl (C=O) groups excluding carboxylic acids is 1. The summed E-state index contributed by atoms with van der Waals surface area (Å²) in [6.45, 7) is 1.98. The number of benzene rings is 2. The van der Waals surface area contributed by atoms with Crippen molar-refractivity contribution in [3.05, 3.63) is 113 Å². The molecule has 1 amide bonds. The average Bonchev–Trinajstić information content (AvgIpc) is 3.66. The van der Waals surface area contributed by atoms with Crippen molar-refractivity contribution >= 4 is 28.8 Å². The summed E-state index contributed by atoms with van der Waals surface area (Å²) in [5.41, 5.74) is 9.21. The van der Waals surface area contributed by atoms with Crippen molar-refractivity contribution in [3.63, 3.8) is 0 Å². The first kappa shape index (κ1) is 25.2. The zero-order chi connectivity index (χ0) is 26.6. The van der Waals surface area contributed by atoms with Crippen LogP contribution in [0.2, 0.25) is 0 Å². The molecule has 7 nitrogen and oxygen atoms in total. The number of anilines is 1. The molecule has 0 saturated carbocycles. The van der Waals surface area contributed by atoms with E-state index in [1.165, 1.54) is 5.56 Å². The molecule has 4 aromatic rings. The molecule has 0 radical (unpaired) electrons. The molecular weight excluding hydrogens is 504 g/mol. The number of nitrogens with zero attached hydrogens (tertiary/aromatic N) is 5. The van der Waals surface area contributed by atoms with Crippen LogP contribution in [0.1, 0.15) is 22.4 Å². The van der Waals surface area contributed by atoms with Crippen LogP contribution < -0.4 is 10.2 Å². The molecule has 1 atom stereocenters. The lowest BCUT2D eigenvalue weighted by Crippen LogP contribution is -2.47. The van der Waals surface area contributed by atoms with Crippen LogP contribution in [0.25, 0.3) is 11.1 Å². The number of fused-ring (bicyclic) bond motifs is 1. The predicted octanol–water partition coefficient (Wildman–Crippen LogP) is 4.70. The Morgan fingerprint density at radius 3 is 2.72 bits per heavy atom. The number of aromatic nitrogens is 2. The lowest BCUT2D eigenvalue weighted by Gasteiger charge is -2.27. The summed E-state index contributed by atoms with van der Waals surface area (Å²) < 4.78 is 0. The van der Waals surface area contributed by atoms with Gasteiger partial charge >= 0.3 is 0 Å². The maximum absolute atomic E-state index is 14.3. The molecule has 6 rings (SSSR count). The van der Waals surface area contributed by atoms with Gasteiger partial charge < -0.3 is 9.80 Å². The van der Waals surface area contributed by atoms with Crippen LogP contribution in [0.3, 0.4) is 0 Å². The van der Waals surface area contributed by atoms with Gasteiger partial charge in [-0.15, -0.1) is 11.3 Å². The molecule has 0 aliphatic carbocycles. The highest BCUT2D eigenvalue weighted by Gasteiger charge is 2.33. The Kier molecular flexibility index (Phi) is 7.29. The van der Waals surface area contributed by atoms with Crippen molar-refractivity contribution in [2.45, 2.75) is 25.4 Å². The quantitative estimate of drug-likeness (QED) is 0.355. The zero-order valence-electron chi connectivity index (χ0n) is 21.8. The molecule has 4 heterocycles. The minimum Gasteiger partial charge on any atom is -0.355 e. The number of hydrogen-bond acceptors (Lipinski definition) is 7. The molecule has 8 heteroatoms. The van der Waals surface area contributed by atoms with E-state index in [9.17, 15) is 4.79 Å². The number of aliphatic imine (C=N–C) groups is 1. The normalized spacial score (nSPS) is 15.3. The van der Waals surface area contributed by atoms with Gasteiger partial charge in [0.05, 0.1) is 17.2 Å². The zero-order valence-corrected chi connectivity index (χ0v) is 22.6. The van der Waals surface area contributed by atoms with Crippen LogP contribution >= 0.6 is 11.3 Å². The number of rotatable bonds is 8. The Labute approximate surface area is 232 Å². The van der Waals surface area contributed by atoms with Gasteiger partial charge in [-0.2, -0.15) is 0 Å². The summed E-state index contributed by atoms with van der Waals surface area (Å²) in [6, 6.07) is 18.2. The minimum atomic E-state index is -0.384. The van der Waals surface area contributed by atoms with Gasteiger partial charge in [0.25, 0.3) is 0 Å². The Morgan fingerprint density at radius 2 is 1.95 bits per heavy atom. The largest absolute Gasteiger partial charge is 0.355 e. The molecule has 0 fully saturated rings. The molecule has 0 spiro atoms. The monoisotopic (exact) mass is 534 g/mol. The van der Waals surface area contributed by atoms with E-state index in [2.05, 4.69) is 57.6 Å². The molecular formula is C31H30N6OS. The summed E-state index contributed by atoms with van der Waals surface area (Å²) in [4.78, 5) is 31.7. The number of amidine groups is 1. The molecule has 2 aliphatic heterocycles. The van der Waals surface area contributed by atoms with Crippen molar-refractivity contribution in [2.75, 3.05) is 25.0 Å². The van der Waals surface area contributed by atoms with E-state index >= 15 is 0 Å². The average molecular weight is 535 g/mol. The van der Waals surface area contributed by atoms with Crippen LogP contribution in [-0.2, 0) is 24.2 Å². The fourth-order valence-electron chi connectivity index (χ4n) is 5.27. The van der Waals surface area contributed by atoms with Gasteiger partial charge in [-0.1, -0.05) is 30.3 Å². The number of carbonyl (C=O) groups is 1. The molecule has 1 unspecified atom stereocenters. The Hall–Kier alpha value is -4.14. The summed E-state index contributed by atoms with van der Waals surface area (Å²) >= 11 is 1.56. The first-order chi connectivity index (χ1) is 19.2. The van der Waals surface area contributed by atoms with Crippen molar-refractivity contribution in [2.24, 2.45) is 4.99 Å². The van der Waals surface area contributed by atoms with Crippen molar-refractivity contribution in [1.29, 1.82) is 0 Å². The third kappa shape index (κ3) is 5.39. The maximum atomic E-state index is 14.3. The van der Waals surface area contributed by atoms with Gasteiger partial charge in [0.15, 0.2) is 0 Å². The van der Waals surface area contributed by atoms with E-state index in [0.29, 0.717) is 19.5 Å². The van der Waals surface area contributed by atoms with Crippen molar-refractivity contribution in [3.8, 4) is 11.1 Å². The van der Waals surface area contributed by atoms with Crippen LogP contribution in [0.4, 0.5) is 5.69 Å². The fraction of sp³-hybridized carbons (Fsp3) is 0.226. The second-order valence-electron chi connectivity index (χ2n) is 9.82. The summed E-state index contributed by atoms with van der Waals surface area (Å²) in [6.07, 6.45) is 8.92. The summed E-state index contributed by atoms with van der Waals surface area (Å²) in [5.74, 6) is 1.01. The number of likely N-dealkylation sites (N-methyl/N-ethyl adjacent to an activating group) is 1. The van der Waals surface area contributed by atoms with Crippen LogP contribution in [0.5, 0.6) is 0 Å². The van der Waals surface area contributed by atoms with Crippen molar-refractivity contribution in [1.82, 2.24) is 20.2 Å². The Balaban J connectivity index is 1.38.